The summed E-state index contributed by atoms with van der Waals surface area (Å²) in [5.41, 5.74) is 0.795. The van der Waals surface area contributed by atoms with Crippen LogP contribution in [0.5, 0.6) is 0 Å². The summed E-state index contributed by atoms with van der Waals surface area (Å²) in [5.74, 6) is -0.351. The van der Waals surface area contributed by atoms with Gasteiger partial charge in [0.25, 0.3) is 5.69 Å². The summed E-state index contributed by atoms with van der Waals surface area (Å²) in [6, 6.07) is 10.1. The third kappa shape index (κ3) is 2.46. The Bertz CT molecular complexity index is 1340. The molecule has 2 atom stereocenters. The summed E-state index contributed by atoms with van der Waals surface area (Å²) in [4.78, 5) is 34.8. The molecule has 1 heterocycles. The number of rotatable bonds is 3. The van der Waals surface area contributed by atoms with Crippen LogP contribution >= 0.6 is 23.2 Å². The van der Waals surface area contributed by atoms with Crippen molar-refractivity contribution in [3.05, 3.63) is 67.9 Å². The number of aromatic nitrogens is 2. The first-order valence-electron chi connectivity index (χ1n) is 10.3. The number of anilines is 1. The molecule has 7 nitrogen and oxygen atoms in total. The number of nitrogens with zero attached hydrogens (tertiary/aromatic N) is 3. The number of carbonyl (C=O) groups excluding carboxylic acids is 1. The van der Waals surface area contributed by atoms with E-state index in [0.717, 1.165) is 23.7 Å². The van der Waals surface area contributed by atoms with Crippen molar-refractivity contribution in [3.8, 4) is 0 Å². The van der Waals surface area contributed by atoms with Crippen molar-refractivity contribution in [1.82, 2.24) is 9.97 Å². The summed E-state index contributed by atoms with van der Waals surface area (Å²) < 4.78 is 0. The Morgan fingerprint density at radius 3 is 2.25 bits per heavy atom. The van der Waals surface area contributed by atoms with Crippen molar-refractivity contribution in [2.75, 3.05) is 5.32 Å². The van der Waals surface area contributed by atoms with Gasteiger partial charge >= 0.3 is 0 Å². The number of amides is 1. The van der Waals surface area contributed by atoms with Crippen molar-refractivity contribution >= 4 is 51.5 Å². The molecule has 2 unspecified atom stereocenters. The van der Waals surface area contributed by atoms with Gasteiger partial charge in [0.1, 0.15) is 5.69 Å². The van der Waals surface area contributed by atoms with E-state index in [0.29, 0.717) is 17.6 Å². The van der Waals surface area contributed by atoms with E-state index >= 15 is 0 Å². The predicted octanol–water partition coefficient (Wildman–Crippen LogP) is 5.81. The van der Waals surface area contributed by atoms with E-state index in [2.05, 4.69) is 26.1 Å². The van der Waals surface area contributed by atoms with Crippen LogP contribution in [0.4, 0.5) is 11.4 Å². The molecule has 1 fully saturated rings. The summed E-state index contributed by atoms with van der Waals surface area (Å²) in [6.45, 7) is 6.23. The van der Waals surface area contributed by atoms with Crippen LogP contribution in [0.1, 0.15) is 45.0 Å². The average molecular weight is 471 g/mol. The molecule has 0 spiro atoms. The van der Waals surface area contributed by atoms with E-state index in [1.54, 1.807) is 0 Å². The van der Waals surface area contributed by atoms with Crippen LogP contribution in [0.2, 0.25) is 10.0 Å². The Kier molecular flexibility index (Phi) is 4.36. The first-order valence-corrected chi connectivity index (χ1v) is 11.0. The molecule has 2 bridgehead atoms. The lowest BCUT2D eigenvalue weighted by Crippen LogP contribution is -2.48. The molecule has 0 aliphatic heterocycles. The molecule has 1 amide bonds. The maximum Gasteiger partial charge on any atom is 0.294 e. The minimum Gasteiger partial charge on any atom is -0.319 e. The summed E-state index contributed by atoms with van der Waals surface area (Å²) in [6.07, 6.45) is 1.33. The molecule has 32 heavy (non-hydrogen) atoms. The largest absolute Gasteiger partial charge is 0.319 e. The number of carbonyl (C=O) groups is 1. The minimum atomic E-state index is -0.992. The van der Waals surface area contributed by atoms with Gasteiger partial charge in [-0.05, 0) is 36.5 Å². The fraction of sp³-hybridized carbons (Fsp3) is 0.348. The highest BCUT2D eigenvalue weighted by molar-refractivity contribution is 6.42. The third-order valence-electron chi connectivity index (χ3n) is 7.81. The van der Waals surface area contributed by atoms with Crippen molar-refractivity contribution in [3.63, 3.8) is 0 Å². The molecule has 2 aromatic carbocycles. The van der Waals surface area contributed by atoms with Gasteiger partial charge in [0.15, 0.2) is 0 Å². The van der Waals surface area contributed by atoms with Gasteiger partial charge in [0.2, 0.25) is 5.91 Å². The molecule has 1 aromatic heterocycles. The molecular formula is C23H20Cl2N4O3. The van der Waals surface area contributed by atoms with Crippen LogP contribution in [-0.2, 0) is 15.6 Å². The van der Waals surface area contributed by atoms with E-state index in [4.69, 9.17) is 33.2 Å². The lowest BCUT2D eigenvalue weighted by Gasteiger charge is -2.39. The predicted molar refractivity (Wildman–Crippen MR) is 123 cm³/mol. The molecule has 2 aliphatic rings. The second-order valence-corrected chi connectivity index (χ2v) is 10.1. The molecule has 2 aliphatic carbocycles. The molecule has 1 saturated carbocycles. The Balaban J connectivity index is 1.69. The number of fused-ring (bicyclic) bond motifs is 6. The first-order chi connectivity index (χ1) is 15.0. The van der Waals surface area contributed by atoms with E-state index < -0.39 is 15.8 Å². The van der Waals surface area contributed by atoms with Crippen LogP contribution in [0, 0.1) is 15.5 Å². The number of benzene rings is 2. The summed E-state index contributed by atoms with van der Waals surface area (Å²) in [5, 5.41) is 14.6. The fourth-order valence-electron chi connectivity index (χ4n) is 5.57. The second-order valence-electron chi connectivity index (χ2n) is 9.27. The van der Waals surface area contributed by atoms with Gasteiger partial charge in [-0.2, -0.15) is 0 Å². The molecule has 0 saturated heterocycles. The van der Waals surface area contributed by atoms with Crippen molar-refractivity contribution in [2.45, 2.75) is 44.4 Å². The van der Waals surface area contributed by atoms with Crippen molar-refractivity contribution in [2.24, 2.45) is 5.41 Å². The topological polar surface area (TPSA) is 98.0 Å². The van der Waals surface area contributed by atoms with Gasteiger partial charge in [0.05, 0.1) is 42.8 Å². The highest BCUT2D eigenvalue weighted by Crippen LogP contribution is 2.70. The van der Waals surface area contributed by atoms with E-state index in [1.165, 1.54) is 6.07 Å². The van der Waals surface area contributed by atoms with E-state index in [1.807, 2.05) is 24.3 Å². The SMILES string of the molecule is CC12CCC(C(=O)Nc3cc(Cl)c(Cl)cc3[N+](=O)[O-])(c3nc4ccccc4nc31)C2(C)C. The van der Waals surface area contributed by atoms with Gasteiger partial charge in [-0.3, -0.25) is 14.9 Å². The molecule has 3 aromatic rings. The van der Waals surface area contributed by atoms with Crippen molar-refractivity contribution < 1.29 is 9.72 Å². The molecule has 1 N–H and O–H groups in total. The standard InChI is InChI=1S/C23H20Cl2N4O3/c1-21(2)22(3)8-9-23(21,19-18(22)26-14-6-4-5-7-15(14)27-19)20(30)28-16-10-12(24)13(25)11-17(16)29(31)32/h4-7,10-11H,8-9H2,1-3H3,(H,28,30). The van der Waals surface area contributed by atoms with Gasteiger partial charge in [0, 0.05) is 11.5 Å². The second kappa shape index (κ2) is 6.62. The Morgan fingerprint density at radius 2 is 1.62 bits per heavy atom. The number of hydrogen-bond acceptors (Lipinski definition) is 5. The smallest absolute Gasteiger partial charge is 0.294 e. The molecule has 5 rings (SSSR count). The zero-order valence-corrected chi connectivity index (χ0v) is 19.2. The Labute approximate surface area is 194 Å². The van der Waals surface area contributed by atoms with Gasteiger partial charge in [-0.15, -0.1) is 0 Å². The highest BCUT2D eigenvalue weighted by Gasteiger charge is 2.73. The summed E-state index contributed by atoms with van der Waals surface area (Å²) >= 11 is 12.1. The average Bonchev–Trinajstić information content (AvgIpc) is 3.04. The van der Waals surface area contributed by atoms with Crippen LogP contribution in [0.25, 0.3) is 11.0 Å². The molecular weight excluding hydrogens is 451 g/mol. The van der Waals surface area contributed by atoms with E-state index in [-0.39, 0.29) is 32.7 Å². The van der Waals surface area contributed by atoms with Gasteiger partial charge in [-0.1, -0.05) is 56.1 Å². The zero-order valence-electron chi connectivity index (χ0n) is 17.7. The monoisotopic (exact) mass is 470 g/mol. The van der Waals surface area contributed by atoms with Gasteiger partial charge in [-0.25, -0.2) is 9.97 Å². The Morgan fingerprint density at radius 1 is 1.03 bits per heavy atom. The lowest BCUT2D eigenvalue weighted by molar-refractivity contribution is -0.383. The number of nitrogens with one attached hydrogen (secondary N) is 1. The third-order valence-corrected chi connectivity index (χ3v) is 8.54. The zero-order chi connectivity index (χ0) is 23.1. The number of hydrogen-bond donors (Lipinski definition) is 1. The van der Waals surface area contributed by atoms with Crippen LogP contribution in [0.15, 0.2) is 36.4 Å². The maximum absolute atomic E-state index is 13.9. The number of nitro groups is 1. The van der Waals surface area contributed by atoms with Crippen molar-refractivity contribution in [1.29, 1.82) is 0 Å². The number of para-hydroxylation sites is 2. The fourth-order valence-corrected chi connectivity index (χ4v) is 5.89. The first kappa shape index (κ1) is 21.1. The van der Waals surface area contributed by atoms with Gasteiger partial charge < -0.3 is 5.32 Å². The minimum absolute atomic E-state index is 0.00961. The number of nitro benzene ring substituents is 1. The normalized spacial score (nSPS) is 25.0. The maximum atomic E-state index is 13.9. The van der Waals surface area contributed by atoms with E-state index in [9.17, 15) is 14.9 Å². The number of halogens is 2. The highest BCUT2D eigenvalue weighted by atomic mass is 35.5. The molecule has 9 heteroatoms. The quantitative estimate of drug-likeness (QED) is 0.384. The van der Waals surface area contributed by atoms with Crippen LogP contribution in [-0.4, -0.2) is 20.8 Å². The lowest BCUT2D eigenvalue weighted by atomic mass is 9.63. The van der Waals surface area contributed by atoms with Crippen LogP contribution in [0.3, 0.4) is 0 Å². The molecule has 0 radical (unpaired) electrons. The summed E-state index contributed by atoms with van der Waals surface area (Å²) in [7, 11) is 0. The molecule has 164 valence electrons. The van der Waals surface area contributed by atoms with Crippen LogP contribution < -0.4 is 5.32 Å². The Hall–Kier alpha value is -2.77.